The van der Waals surface area contributed by atoms with Crippen molar-refractivity contribution < 1.29 is 14.4 Å². The van der Waals surface area contributed by atoms with Crippen LogP contribution >= 0.6 is 11.3 Å². The lowest BCUT2D eigenvalue weighted by Gasteiger charge is -2.47. The lowest BCUT2D eigenvalue weighted by molar-refractivity contribution is -0.158. The molecule has 2 fully saturated rings. The van der Waals surface area contributed by atoms with Crippen molar-refractivity contribution in [1.29, 1.82) is 0 Å². The molecule has 0 unspecified atom stereocenters. The summed E-state index contributed by atoms with van der Waals surface area (Å²) in [6, 6.07) is 20.1. The van der Waals surface area contributed by atoms with Gasteiger partial charge in [0.2, 0.25) is 11.8 Å². The molecule has 236 valence electrons. The summed E-state index contributed by atoms with van der Waals surface area (Å²) in [6.45, 7) is 4.71. The first-order valence-electron chi connectivity index (χ1n) is 15.3. The van der Waals surface area contributed by atoms with Crippen LogP contribution in [0.1, 0.15) is 30.5 Å². The number of hydrogen-bond acceptors (Lipinski definition) is 8. The standard InChI is InChI=1S/C33H35N9O3S/c1-20(2)42(33(45)35-15-21-7-4-3-5-8-21)40-19-29(43)41-26(14-22-11-12-25-24(13-22)16-36-38-25)31(44)39(18-28(40)41)17-23-9-6-10-27-30(23)37-32(34)46-27/h3-13,16,20,26,28H,14-15,17-19H2,1-2H3,(H2,34,37)(H,35,45)(H,36,38)/t26-,28+/m0/s1. The van der Waals surface area contributed by atoms with Gasteiger partial charge in [0, 0.05) is 30.9 Å². The van der Waals surface area contributed by atoms with E-state index >= 15 is 0 Å². The Morgan fingerprint density at radius 2 is 1.93 bits per heavy atom. The number of thiazole rings is 1. The number of carbonyl (C=O) groups excluding carboxylic acids is 3. The summed E-state index contributed by atoms with van der Waals surface area (Å²) in [6.07, 6.45) is 1.52. The molecule has 2 aromatic heterocycles. The van der Waals surface area contributed by atoms with Crippen molar-refractivity contribution in [3.63, 3.8) is 0 Å². The zero-order valence-corrected chi connectivity index (χ0v) is 26.4. The van der Waals surface area contributed by atoms with Gasteiger partial charge in [-0.15, -0.1) is 0 Å². The number of H-pyrrole nitrogens is 1. The number of nitrogens with two attached hydrogens (primary N) is 1. The van der Waals surface area contributed by atoms with Gasteiger partial charge in [0.1, 0.15) is 12.2 Å². The SMILES string of the molecule is CC(C)N(C(=O)NCc1ccccc1)N1CC(=O)N2[C@@H](Cc3ccc4[nH]ncc4c3)C(=O)N(Cc3cccc4sc(N)nc34)C[C@@H]21. The minimum atomic E-state index is -0.762. The molecule has 0 aliphatic carbocycles. The molecule has 0 radical (unpaired) electrons. The number of hydrazine groups is 1. The molecule has 4 N–H and O–H groups in total. The number of aromatic amines is 1. The lowest BCUT2D eigenvalue weighted by Crippen LogP contribution is -2.66. The molecule has 2 saturated heterocycles. The summed E-state index contributed by atoms with van der Waals surface area (Å²) < 4.78 is 0.949. The van der Waals surface area contributed by atoms with E-state index in [9.17, 15) is 14.4 Å². The van der Waals surface area contributed by atoms with E-state index < -0.39 is 12.2 Å². The molecule has 0 spiro atoms. The molecule has 2 aliphatic rings. The van der Waals surface area contributed by atoms with Gasteiger partial charge in [0.05, 0.1) is 35.0 Å². The van der Waals surface area contributed by atoms with Crippen molar-refractivity contribution in [2.24, 2.45) is 0 Å². The number of anilines is 1. The van der Waals surface area contributed by atoms with Crippen LogP contribution < -0.4 is 11.1 Å². The van der Waals surface area contributed by atoms with E-state index in [4.69, 9.17) is 5.73 Å². The van der Waals surface area contributed by atoms with Crippen LogP contribution in [-0.2, 0) is 29.1 Å². The number of hydrogen-bond donors (Lipinski definition) is 3. The van der Waals surface area contributed by atoms with Crippen LogP contribution in [0.5, 0.6) is 0 Å². The Bertz CT molecular complexity index is 1920. The van der Waals surface area contributed by atoms with E-state index in [2.05, 4.69) is 20.5 Å². The van der Waals surface area contributed by atoms with Gasteiger partial charge in [-0.2, -0.15) is 10.1 Å². The van der Waals surface area contributed by atoms with Crippen molar-refractivity contribution in [2.75, 3.05) is 18.8 Å². The number of nitrogens with zero attached hydrogens (tertiary/aromatic N) is 6. The zero-order chi connectivity index (χ0) is 31.9. The summed E-state index contributed by atoms with van der Waals surface area (Å²) >= 11 is 1.41. The van der Waals surface area contributed by atoms with Crippen molar-refractivity contribution in [2.45, 2.75) is 51.6 Å². The van der Waals surface area contributed by atoms with Gasteiger partial charge in [-0.1, -0.05) is 59.9 Å². The maximum atomic E-state index is 14.3. The quantitative estimate of drug-likeness (QED) is 0.235. The predicted octanol–water partition coefficient (Wildman–Crippen LogP) is 3.71. The second-order valence-corrected chi connectivity index (χ2v) is 13.1. The number of urea groups is 1. The molecule has 0 saturated carbocycles. The van der Waals surface area contributed by atoms with Gasteiger partial charge >= 0.3 is 6.03 Å². The third kappa shape index (κ3) is 5.52. The first-order valence-corrected chi connectivity index (χ1v) is 16.1. The average Bonchev–Trinajstić information content (AvgIpc) is 3.75. The van der Waals surface area contributed by atoms with Crippen LogP contribution in [0.4, 0.5) is 9.93 Å². The van der Waals surface area contributed by atoms with E-state index in [-0.39, 0.29) is 37.0 Å². The normalized spacial score (nSPS) is 18.6. The smallest absolute Gasteiger partial charge is 0.332 e. The highest BCUT2D eigenvalue weighted by Crippen LogP contribution is 2.33. The molecule has 2 atom stereocenters. The van der Waals surface area contributed by atoms with Gasteiger partial charge in [-0.05, 0) is 48.7 Å². The van der Waals surface area contributed by atoms with Gasteiger partial charge in [0.25, 0.3) is 0 Å². The molecule has 4 heterocycles. The topological polar surface area (TPSA) is 144 Å². The summed E-state index contributed by atoms with van der Waals surface area (Å²) in [5, 5.41) is 14.9. The minimum absolute atomic E-state index is 0.0157. The number of fused-ring (bicyclic) bond motifs is 3. The Balaban J connectivity index is 1.22. The fraction of sp³-hybridized carbons (Fsp3) is 0.303. The second kappa shape index (κ2) is 12.1. The molecule has 13 heteroatoms. The number of aromatic nitrogens is 3. The number of para-hydroxylation sites is 1. The number of nitrogen functional groups attached to an aromatic ring is 1. The number of carbonyl (C=O) groups is 3. The Labute approximate surface area is 269 Å². The molecule has 3 aromatic carbocycles. The maximum Gasteiger partial charge on any atom is 0.332 e. The average molecular weight is 638 g/mol. The van der Waals surface area contributed by atoms with E-state index in [1.54, 1.807) is 21.0 Å². The van der Waals surface area contributed by atoms with E-state index in [0.717, 1.165) is 37.8 Å². The van der Waals surface area contributed by atoms with Gasteiger partial charge in [0.15, 0.2) is 5.13 Å². The van der Waals surface area contributed by atoms with Crippen LogP contribution in [0.3, 0.4) is 0 Å². The molecule has 2 aliphatic heterocycles. The molecule has 4 amide bonds. The van der Waals surface area contributed by atoms with E-state index in [1.165, 1.54) is 11.3 Å². The molecular formula is C33H35N9O3S. The van der Waals surface area contributed by atoms with Crippen LogP contribution in [0.25, 0.3) is 21.1 Å². The fourth-order valence-corrected chi connectivity index (χ4v) is 7.35. The van der Waals surface area contributed by atoms with Crippen LogP contribution in [0.2, 0.25) is 0 Å². The Morgan fingerprint density at radius 3 is 2.74 bits per heavy atom. The first-order chi connectivity index (χ1) is 22.3. The van der Waals surface area contributed by atoms with Crippen molar-refractivity contribution >= 4 is 55.4 Å². The van der Waals surface area contributed by atoms with Crippen LogP contribution in [0, 0.1) is 0 Å². The summed E-state index contributed by atoms with van der Waals surface area (Å²) in [7, 11) is 0. The highest BCUT2D eigenvalue weighted by molar-refractivity contribution is 7.22. The molecule has 0 bridgehead atoms. The highest BCUT2D eigenvalue weighted by atomic mass is 32.1. The fourth-order valence-electron chi connectivity index (χ4n) is 6.56. The van der Waals surface area contributed by atoms with Crippen LogP contribution in [-0.4, -0.2) is 84.2 Å². The third-order valence-corrected chi connectivity index (χ3v) is 9.49. The van der Waals surface area contributed by atoms with Crippen molar-refractivity contribution in [1.82, 2.24) is 40.3 Å². The molecule has 7 rings (SSSR count). The zero-order valence-electron chi connectivity index (χ0n) is 25.6. The molecular weight excluding hydrogens is 602 g/mol. The second-order valence-electron chi connectivity index (χ2n) is 12.0. The number of benzene rings is 3. The monoisotopic (exact) mass is 637 g/mol. The Hall–Kier alpha value is -5.01. The summed E-state index contributed by atoms with van der Waals surface area (Å²) in [4.78, 5) is 49.9. The highest BCUT2D eigenvalue weighted by Gasteiger charge is 2.52. The van der Waals surface area contributed by atoms with E-state index in [0.29, 0.717) is 24.6 Å². The first kappa shape index (κ1) is 29.7. The third-order valence-electron chi connectivity index (χ3n) is 8.64. The largest absolute Gasteiger partial charge is 0.375 e. The molecule has 5 aromatic rings. The number of nitrogens with one attached hydrogen (secondary N) is 2. The Kier molecular flexibility index (Phi) is 7.79. The van der Waals surface area contributed by atoms with Gasteiger partial charge in [-0.3, -0.25) is 19.7 Å². The molecule has 12 nitrogen and oxygen atoms in total. The van der Waals surface area contributed by atoms with E-state index in [1.807, 2.05) is 85.6 Å². The number of rotatable bonds is 8. The summed E-state index contributed by atoms with van der Waals surface area (Å²) in [5.74, 6) is -0.341. The molecule has 46 heavy (non-hydrogen) atoms. The maximum absolute atomic E-state index is 14.3. The number of amides is 4. The lowest BCUT2D eigenvalue weighted by atomic mass is 9.99. The van der Waals surface area contributed by atoms with Crippen LogP contribution in [0.15, 0.2) is 72.9 Å². The van der Waals surface area contributed by atoms with Crippen molar-refractivity contribution in [3.05, 3.63) is 89.6 Å². The number of piperazine rings is 1. The van der Waals surface area contributed by atoms with Gasteiger partial charge in [-0.25, -0.2) is 9.78 Å². The van der Waals surface area contributed by atoms with Gasteiger partial charge < -0.3 is 20.9 Å². The minimum Gasteiger partial charge on any atom is -0.375 e. The Morgan fingerprint density at radius 1 is 1.11 bits per heavy atom. The summed E-state index contributed by atoms with van der Waals surface area (Å²) in [5.41, 5.74) is 10.5. The van der Waals surface area contributed by atoms with Crippen molar-refractivity contribution in [3.8, 4) is 0 Å². The predicted molar refractivity (Wildman–Crippen MR) is 176 cm³/mol.